The van der Waals surface area contributed by atoms with Gasteiger partial charge in [0.15, 0.2) is 0 Å². The summed E-state index contributed by atoms with van der Waals surface area (Å²) >= 11 is 0. The molecular weight excluding hydrogens is 238 g/mol. The number of aromatic amines is 1. The number of primary amides is 1. The van der Waals surface area contributed by atoms with Crippen LogP contribution >= 0.6 is 0 Å². The minimum atomic E-state index is -0.365. The number of H-pyrrole nitrogens is 1. The van der Waals surface area contributed by atoms with E-state index in [0.29, 0.717) is 11.6 Å². The summed E-state index contributed by atoms with van der Waals surface area (Å²) < 4.78 is 0. The van der Waals surface area contributed by atoms with Crippen LogP contribution in [0.4, 0.5) is 0 Å². The molecule has 100 valence electrons. The van der Waals surface area contributed by atoms with Gasteiger partial charge in [-0.25, -0.2) is 0 Å². The number of hydrogen-bond acceptors (Lipinski definition) is 2. The molecule has 1 unspecified atom stereocenters. The average molecular weight is 257 g/mol. The number of aryl methyl sites for hydroxylation is 1. The van der Waals surface area contributed by atoms with Crippen molar-refractivity contribution in [1.82, 2.24) is 10.3 Å². The van der Waals surface area contributed by atoms with Gasteiger partial charge in [-0.05, 0) is 49.6 Å². The number of carbonyl (C=O) groups is 1. The summed E-state index contributed by atoms with van der Waals surface area (Å²) in [6.45, 7) is 3.13. The number of nitrogens with two attached hydrogens (primary N) is 1. The van der Waals surface area contributed by atoms with Crippen LogP contribution in [0.5, 0.6) is 0 Å². The molecule has 19 heavy (non-hydrogen) atoms. The maximum Gasteiger partial charge on any atom is 0.248 e. The molecular formula is C15H19N3O. The second-order valence-electron chi connectivity index (χ2n) is 5.20. The Bertz CT molecular complexity index is 630. The fraction of sp³-hybridized carbons (Fsp3) is 0.400. The number of carbonyl (C=O) groups excluding carboxylic acids is 1. The third-order valence-electron chi connectivity index (χ3n) is 3.97. The number of likely N-dealkylation sites (N-methyl/N-ethyl adjacent to an activating group) is 1. The fourth-order valence-corrected chi connectivity index (χ4v) is 3.03. The summed E-state index contributed by atoms with van der Waals surface area (Å²) in [4.78, 5) is 14.8. The molecule has 0 bridgehead atoms. The molecule has 1 aromatic heterocycles. The molecule has 1 amide bonds. The van der Waals surface area contributed by atoms with Crippen LogP contribution in [0.1, 0.15) is 35.0 Å². The maximum atomic E-state index is 11.3. The smallest absolute Gasteiger partial charge is 0.248 e. The Labute approximate surface area is 112 Å². The molecule has 0 fully saturated rings. The molecule has 0 radical (unpaired) electrons. The first-order chi connectivity index (χ1) is 9.19. The van der Waals surface area contributed by atoms with Crippen LogP contribution in [0.3, 0.4) is 0 Å². The molecule has 1 aliphatic carbocycles. The van der Waals surface area contributed by atoms with Gasteiger partial charge >= 0.3 is 0 Å². The van der Waals surface area contributed by atoms with Gasteiger partial charge < -0.3 is 16.0 Å². The van der Waals surface area contributed by atoms with Gasteiger partial charge in [-0.15, -0.1) is 0 Å². The van der Waals surface area contributed by atoms with E-state index < -0.39 is 0 Å². The molecule has 4 nitrogen and oxygen atoms in total. The third-order valence-corrected chi connectivity index (χ3v) is 3.97. The molecule has 1 aromatic carbocycles. The van der Waals surface area contributed by atoms with Gasteiger partial charge in [0.1, 0.15) is 0 Å². The zero-order chi connectivity index (χ0) is 13.4. The maximum absolute atomic E-state index is 11.3. The molecule has 1 aliphatic rings. The van der Waals surface area contributed by atoms with Crippen molar-refractivity contribution in [3.63, 3.8) is 0 Å². The van der Waals surface area contributed by atoms with E-state index in [1.54, 1.807) is 6.07 Å². The Balaban J connectivity index is 2.05. The minimum absolute atomic E-state index is 0.365. The molecule has 0 saturated carbocycles. The lowest BCUT2D eigenvalue weighted by atomic mass is 9.91. The summed E-state index contributed by atoms with van der Waals surface area (Å²) in [7, 11) is 0. The van der Waals surface area contributed by atoms with E-state index in [2.05, 4.69) is 17.2 Å². The Morgan fingerprint density at radius 2 is 2.37 bits per heavy atom. The van der Waals surface area contributed by atoms with Crippen molar-refractivity contribution >= 4 is 16.8 Å². The number of benzene rings is 1. The number of hydrogen-bond donors (Lipinski definition) is 3. The van der Waals surface area contributed by atoms with E-state index in [9.17, 15) is 4.79 Å². The Hall–Kier alpha value is -1.81. The molecule has 4 N–H and O–H groups in total. The van der Waals surface area contributed by atoms with Crippen LogP contribution in [0.2, 0.25) is 0 Å². The molecule has 4 heteroatoms. The zero-order valence-corrected chi connectivity index (χ0v) is 11.1. The van der Waals surface area contributed by atoms with Gasteiger partial charge in [-0.1, -0.05) is 6.92 Å². The van der Waals surface area contributed by atoms with Crippen LogP contribution in [0.25, 0.3) is 10.9 Å². The lowest BCUT2D eigenvalue weighted by molar-refractivity contribution is 0.100. The second-order valence-corrected chi connectivity index (χ2v) is 5.20. The molecule has 0 aliphatic heterocycles. The molecule has 1 atom stereocenters. The van der Waals surface area contributed by atoms with Gasteiger partial charge in [0.25, 0.3) is 0 Å². The SMILES string of the molecule is CCNC1CCc2[nH]c3ccc(C(N)=O)cc3c2C1. The van der Waals surface area contributed by atoms with Crippen molar-refractivity contribution < 1.29 is 4.79 Å². The standard InChI is InChI=1S/C15H19N3O/c1-2-17-10-4-6-14-12(8-10)11-7-9(15(16)19)3-5-13(11)18-14/h3,5,7,10,17-18H,2,4,6,8H2,1H3,(H2,16,19). The largest absolute Gasteiger partial charge is 0.366 e. The normalized spacial score (nSPS) is 18.5. The van der Waals surface area contributed by atoms with Crippen LogP contribution in [-0.4, -0.2) is 23.5 Å². The highest BCUT2D eigenvalue weighted by Crippen LogP contribution is 2.29. The first-order valence-electron chi connectivity index (χ1n) is 6.85. The van der Waals surface area contributed by atoms with E-state index in [1.807, 2.05) is 12.1 Å². The lowest BCUT2D eigenvalue weighted by Crippen LogP contribution is -2.34. The molecule has 0 saturated heterocycles. The van der Waals surface area contributed by atoms with Gasteiger partial charge in [0.2, 0.25) is 5.91 Å². The van der Waals surface area contributed by atoms with Crippen LogP contribution < -0.4 is 11.1 Å². The van der Waals surface area contributed by atoms with E-state index in [1.165, 1.54) is 11.3 Å². The monoisotopic (exact) mass is 257 g/mol. The summed E-state index contributed by atoms with van der Waals surface area (Å²) in [6.07, 6.45) is 3.25. The average Bonchev–Trinajstić information content (AvgIpc) is 2.76. The summed E-state index contributed by atoms with van der Waals surface area (Å²) in [5.74, 6) is -0.365. The predicted molar refractivity (Wildman–Crippen MR) is 76.3 cm³/mol. The third kappa shape index (κ3) is 2.12. The van der Waals surface area contributed by atoms with Crippen molar-refractivity contribution in [2.75, 3.05) is 6.54 Å². The predicted octanol–water partition coefficient (Wildman–Crippen LogP) is 1.73. The highest BCUT2D eigenvalue weighted by atomic mass is 16.1. The highest BCUT2D eigenvalue weighted by molar-refractivity contribution is 5.98. The fourth-order valence-electron chi connectivity index (χ4n) is 3.03. The summed E-state index contributed by atoms with van der Waals surface area (Å²) in [6, 6.07) is 6.19. The molecule has 3 rings (SSSR count). The van der Waals surface area contributed by atoms with Gasteiger partial charge in [-0.2, -0.15) is 0 Å². The van der Waals surface area contributed by atoms with E-state index in [4.69, 9.17) is 5.73 Å². The molecule has 0 spiro atoms. The van der Waals surface area contributed by atoms with Crippen molar-refractivity contribution in [3.8, 4) is 0 Å². The van der Waals surface area contributed by atoms with Crippen LogP contribution in [0.15, 0.2) is 18.2 Å². The van der Waals surface area contributed by atoms with Gasteiger partial charge in [0.05, 0.1) is 0 Å². The second kappa shape index (κ2) is 4.70. The van der Waals surface area contributed by atoms with E-state index in [0.717, 1.165) is 36.7 Å². The number of fused-ring (bicyclic) bond motifs is 3. The van der Waals surface area contributed by atoms with Gasteiger partial charge in [0, 0.05) is 28.2 Å². The Morgan fingerprint density at radius 3 is 3.11 bits per heavy atom. The number of rotatable bonds is 3. The van der Waals surface area contributed by atoms with Crippen molar-refractivity contribution in [3.05, 3.63) is 35.0 Å². The van der Waals surface area contributed by atoms with Gasteiger partial charge in [-0.3, -0.25) is 4.79 Å². The quantitative estimate of drug-likeness (QED) is 0.783. The van der Waals surface area contributed by atoms with Crippen LogP contribution in [-0.2, 0) is 12.8 Å². The summed E-state index contributed by atoms with van der Waals surface area (Å²) in [5, 5.41) is 4.66. The van der Waals surface area contributed by atoms with Crippen molar-refractivity contribution in [1.29, 1.82) is 0 Å². The topological polar surface area (TPSA) is 70.9 Å². The molecule has 2 aromatic rings. The Morgan fingerprint density at radius 1 is 1.53 bits per heavy atom. The Kier molecular flexibility index (Phi) is 3.03. The lowest BCUT2D eigenvalue weighted by Gasteiger charge is -2.23. The molecule has 1 heterocycles. The number of aromatic nitrogens is 1. The van der Waals surface area contributed by atoms with Crippen LogP contribution in [0, 0.1) is 0 Å². The van der Waals surface area contributed by atoms with E-state index in [-0.39, 0.29) is 5.91 Å². The first kappa shape index (κ1) is 12.2. The first-order valence-corrected chi connectivity index (χ1v) is 6.85. The zero-order valence-electron chi connectivity index (χ0n) is 11.1. The van der Waals surface area contributed by atoms with Crippen molar-refractivity contribution in [2.24, 2.45) is 5.73 Å². The summed E-state index contributed by atoms with van der Waals surface area (Å²) in [5.41, 5.74) is 9.70. The number of nitrogens with one attached hydrogen (secondary N) is 2. The van der Waals surface area contributed by atoms with Crippen molar-refractivity contribution in [2.45, 2.75) is 32.2 Å². The highest BCUT2D eigenvalue weighted by Gasteiger charge is 2.22. The van der Waals surface area contributed by atoms with E-state index >= 15 is 0 Å². The number of amides is 1. The minimum Gasteiger partial charge on any atom is -0.366 e.